The van der Waals surface area contributed by atoms with E-state index in [0.717, 1.165) is 30.8 Å². The lowest BCUT2D eigenvalue weighted by Crippen LogP contribution is -2.23. The zero-order valence-corrected chi connectivity index (χ0v) is 8.81. The van der Waals surface area contributed by atoms with Gasteiger partial charge >= 0.3 is 5.97 Å². The zero-order chi connectivity index (χ0) is 10.8. The van der Waals surface area contributed by atoms with Crippen LogP contribution in [-0.2, 0) is 24.2 Å². The zero-order valence-electron chi connectivity index (χ0n) is 8.81. The average Bonchev–Trinajstić information content (AvgIpc) is 2.61. The molecule has 15 heavy (non-hydrogen) atoms. The van der Waals surface area contributed by atoms with Crippen molar-refractivity contribution in [1.82, 2.24) is 15.0 Å². The summed E-state index contributed by atoms with van der Waals surface area (Å²) < 4.78 is 1.91. The van der Waals surface area contributed by atoms with Crippen LogP contribution in [0.15, 0.2) is 0 Å². The molecule has 2 rings (SSSR count). The summed E-state index contributed by atoms with van der Waals surface area (Å²) in [6, 6.07) is 0. The molecule has 1 N–H and O–H groups in total. The van der Waals surface area contributed by atoms with Crippen LogP contribution in [0.25, 0.3) is 0 Å². The number of aromatic nitrogens is 3. The first-order chi connectivity index (χ1) is 7.22. The normalized spacial score (nSPS) is 19.9. The molecule has 0 aromatic carbocycles. The SMILES string of the molecule is CCCn1nnc2c1CCC(C(=O)O)C2. The summed E-state index contributed by atoms with van der Waals surface area (Å²) in [6.07, 6.45) is 3.06. The first kappa shape index (κ1) is 10.1. The lowest BCUT2D eigenvalue weighted by molar-refractivity contribution is -0.142. The first-order valence-electron chi connectivity index (χ1n) is 5.36. The highest BCUT2D eigenvalue weighted by Gasteiger charge is 2.27. The maximum atomic E-state index is 10.8. The number of carboxylic acids is 1. The van der Waals surface area contributed by atoms with Gasteiger partial charge in [-0.3, -0.25) is 4.79 Å². The molecule has 0 bridgehead atoms. The van der Waals surface area contributed by atoms with E-state index in [1.165, 1.54) is 0 Å². The van der Waals surface area contributed by atoms with Gasteiger partial charge in [-0.1, -0.05) is 12.1 Å². The van der Waals surface area contributed by atoms with Gasteiger partial charge in [-0.05, 0) is 19.3 Å². The molecule has 0 aliphatic heterocycles. The molecule has 1 aliphatic carbocycles. The molecule has 0 amide bonds. The average molecular weight is 209 g/mol. The molecule has 1 heterocycles. The third-order valence-corrected chi connectivity index (χ3v) is 2.87. The molecule has 1 aliphatic rings. The second-order valence-electron chi connectivity index (χ2n) is 3.98. The van der Waals surface area contributed by atoms with E-state index in [4.69, 9.17) is 5.11 Å². The van der Waals surface area contributed by atoms with Crippen molar-refractivity contribution in [3.63, 3.8) is 0 Å². The smallest absolute Gasteiger partial charge is 0.306 e. The van der Waals surface area contributed by atoms with Crippen LogP contribution in [0.1, 0.15) is 31.2 Å². The number of carboxylic acid groups (broad SMARTS) is 1. The molecular weight excluding hydrogens is 194 g/mol. The van der Waals surface area contributed by atoms with Gasteiger partial charge in [0.05, 0.1) is 17.3 Å². The monoisotopic (exact) mass is 209 g/mol. The molecule has 5 heteroatoms. The first-order valence-corrected chi connectivity index (χ1v) is 5.36. The summed E-state index contributed by atoms with van der Waals surface area (Å²) in [5.41, 5.74) is 2.01. The van der Waals surface area contributed by atoms with E-state index < -0.39 is 5.97 Å². The number of hydrogen-bond donors (Lipinski definition) is 1. The molecule has 0 saturated carbocycles. The molecule has 0 spiro atoms. The summed E-state index contributed by atoms with van der Waals surface area (Å²) in [5, 5.41) is 17.0. The predicted octanol–water partition coefficient (Wildman–Crippen LogP) is 0.878. The molecule has 1 aromatic rings. The van der Waals surface area contributed by atoms with Crippen molar-refractivity contribution in [3.05, 3.63) is 11.4 Å². The number of rotatable bonds is 3. The molecular formula is C10H15N3O2. The Labute approximate surface area is 88.1 Å². The van der Waals surface area contributed by atoms with Crippen LogP contribution in [0.3, 0.4) is 0 Å². The minimum atomic E-state index is -0.717. The van der Waals surface area contributed by atoms with Gasteiger partial charge in [0.15, 0.2) is 0 Å². The molecule has 0 radical (unpaired) electrons. The Morgan fingerprint density at radius 2 is 2.47 bits per heavy atom. The van der Waals surface area contributed by atoms with Gasteiger partial charge in [0.2, 0.25) is 0 Å². The van der Waals surface area contributed by atoms with Gasteiger partial charge in [-0.2, -0.15) is 0 Å². The van der Waals surface area contributed by atoms with E-state index in [0.29, 0.717) is 12.8 Å². The maximum Gasteiger partial charge on any atom is 0.306 e. The van der Waals surface area contributed by atoms with Gasteiger partial charge in [-0.25, -0.2) is 4.68 Å². The fourth-order valence-electron chi connectivity index (χ4n) is 2.05. The second kappa shape index (κ2) is 4.00. The highest BCUT2D eigenvalue weighted by atomic mass is 16.4. The molecule has 82 valence electrons. The number of hydrogen-bond acceptors (Lipinski definition) is 3. The van der Waals surface area contributed by atoms with Crippen molar-refractivity contribution in [3.8, 4) is 0 Å². The van der Waals surface area contributed by atoms with Crippen LogP contribution in [-0.4, -0.2) is 26.1 Å². The van der Waals surface area contributed by atoms with Gasteiger partial charge in [0.25, 0.3) is 0 Å². The highest BCUT2D eigenvalue weighted by Crippen LogP contribution is 2.23. The summed E-state index contributed by atoms with van der Waals surface area (Å²) in [7, 11) is 0. The molecule has 1 aromatic heterocycles. The van der Waals surface area contributed by atoms with E-state index in [2.05, 4.69) is 17.2 Å². The largest absolute Gasteiger partial charge is 0.481 e. The number of aliphatic carboxylic acids is 1. The third-order valence-electron chi connectivity index (χ3n) is 2.87. The van der Waals surface area contributed by atoms with Crippen molar-refractivity contribution >= 4 is 5.97 Å². The van der Waals surface area contributed by atoms with Crippen molar-refractivity contribution in [1.29, 1.82) is 0 Å². The summed E-state index contributed by atoms with van der Waals surface area (Å²) >= 11 is 0. The lowest BCUT2D eigenvalue weighted by atomic mass is 9.90. The fourth-order valence-corrected chi connectivity index (χ4v) is 2.05. The number of aryl methyl sites for hydroxylation is 1. The molecule has 1 unspecified atom stereocenters. The van der Waals surface area contributed by atoms with Crippen molar-refractivity contribution < 1.29 is 9.90 Å². The predicted molar refractivity (Wildman–Crippen MR) is 53.5 cm³/mol. The van der Waals surface area contributed by atoms with Gasteiger partial charge < -0.3 is 5.11 Å². The Morgan fingerprint density at radius 3 is 3.13 bits per heavy atom. The minimum absolute atomic E-state index is 0.274. The van der Waals surface area contributed by atoms with E-state index in [-0.39, 0.29) is 5.92 Å². The quantitative estimate of drug-likeness (QED) is 0.802. The molecule has 0 fully saturated rings. The highest BCUT2D eigenvalue weighted by molar-refractivity contribution is 5.70. The van der Waals surface area contributed by atoms with Crippen LogP contribution in [0.2, 0.25) is 0 Å². The van der Waals surface area contributed by atoms with Gasteiger partial charge in [0, 0.05) is 13.0 Å². The Bertz CT molecular complexity index is 373. The molecule has 0 saturated heterocycles. The molecule has 5 nitrogen and oxygen atoms in total. The van der Waals surface area contributed by atoms with Crippen LogP contribution in [0.5, 0.6) is 0 Å². The molecule has 1 atom stereocenters. The van der Waals surface area contributed by atoms with E-state index in [9.17, 15) is 4.79 Å². The Hall–Kier alpha value is -1.39. The fraction of sp³-hybridized carbons (Fsp3) is 0.700. The third kappa shape index (κ3) is 1.86. The topological polar surface area (TPSA) is 68.0 Å². The van der Waals surface area contributed by atoms with Crippen molar-refractivity contribution in [2.45, 2.75) is 39.2 Å². The summed E-state index contributed by atoms with van der Waals surface area (Å²) in [4.78, 5) is 10.8. The van der Waals surface area contributed by atoms with Gasteiger partial charge in [-0.15, -0.1) is 5.10 Å². The second-order valence-corrected chi connectivity index (χ2v) is 3.98. The van der Waals surface area contributed by atoms with Crippen molar-refractivity contribution in [2.24, 2.45) is 5.92 Å². The van der Waals surface area contributed by atoms with Crippen LogP contribution < -0.4 is 0 Å². The summed E-state index contributed by atoms with van der Waals surface area (Å²) in [6.45, 7) is 2.97. The van der Waals surface area contributed by atoms with E-state index in [1.807, 2.05) is 4.68 Å². The number of fused-ring (bicyclic) bond motifs is 1. The number of nitrogens with zero attached hydrogens (tertiary/aromatic N) is 3. The minimum Gasteiger partial charge on any atom is -0.481 e. The van der Waals surface area contributed by atoms with E-state index in [1.54, 1.807) is 0 Å². The van der Waals surface area contributed by atoms with Crippen molar-refractivity contribution in [2.75, 3.05) is 0 Å². The Kier molecular flexibility index (Phi) is 2.70. The summed E-state index contributed by atoms with van der Waals surface area (Å²) in [5.74, 6) is -0.991. The number of carbonyl (C=O) groups is 1. The lowest BCUT2D eigenvalue weighted by Gasteiger charge is -2.17. The van der Waals surface area contributed by atoms with Crippen LogP contribution in [0.4, 0.5) is 0 Å². The Balaban J connectivity index is 2.18. The van der Waals surface area contributed by atoms with Gasteiger partial charge in [0.1, 0.15) is 0 Å². The van der Waals surface area contributed by atoms with E-state index >= 15 is 0 Å². The van der Waals surface area contributed by atoms with Crippen LogP contribution >= 0.6 is 0 Å². The Morgan fingerprint density at radius 1 is 1.67 bits per heavy atom. The van der Waals surface area contributed by atoms with Crippen LogP contribution in [0, 0.1) is 5.92 Å². The standard InChI is InChI=1S/C10H15N3O2/c1-2-5-13-9-4-3-7(10(14)15)6-8(9)11-12-13/h7H,2-6H2,1H3,(H,14,15). The maximum absolute atomic E-state index is 10.8.